The molecule has 6 heteroatoms. The summed E-state index contributed by atoms with van der Waals surface area (Å²) in [6.07, 6.45) is 2.95. The highest BCUT2D eigenvalue weighted by Crippen LogP contribution is 2.31. The molecule has 27 heavy (non-hydrogen) atoms. The molecule has 2 aromatic carbocycles. The van der Waals surface area contributed by atoms with E-state index in [1.807, 2.05) is 54.0 Å². The van der Waals surface area contributed by atoms with E-state index in [-0.39, 0.29) is 5.91 Å². The van der Waals surface area contributed by atoms with E-state index in [1.54, 1.807) is 7.11 Å². The molecule has 0 spiro atoms. The maximum Gasteiger partial charge on any atom is 0.226 e. The third kappa shape index (κ3) is 3.71. The van der Waals surface area contributed by atoms with Gasteiger partial charge >= 0.3 is 0 Å². The van der Waals surface area contributed by atoms with Gasteiger partial charge in [-0.1, -0.05) is 36.4 Å². The minimum absolute atomic E-state index is 0.0549. The van der Waals surface area contributed by atoms with E-state index in [4.69, 9.17) is 4.74 Å². The van der Waals surface area contributed by atoms with Gasteiger partial charge in [-0.2, -0.15) is 0 Å². The van der Waals surface area contributed by atoms with E-state index in [2.05, 4.69) is 21.4 Å². The molecular weight excluding hydrogens is 358 g/mol. The zero-order chi connectivity index (χ0) is 18.6. The standard InChI is InChI=1S/C21H19N3O2S/c1-26-19-9-5-2-6-14(19)10-11-20(25)24-21-23-18(13-27-21)16-12-22-17-8-4-3-7-15(16)17/h2-9,12-13,22H,10-11H2,1H3,(H,23,24,25). The molecule has 5 nitrogen and oxygen atoms in total. The number of ether oxygens (including phenoxy) is 1. The first-order valence-electron chi connectivity index (χ1n) is 8.68. The van der Waals surface area contributed by atoms with Crippen LogP contribution in [0.4, 0.5) is 5.13 Å². The number of para-hydroxylation sites is 2. The van der Waals surface area contributed by atoms with Gasteiger partial charge in [0.15, 0.2) is 5.13 Å². The fraction of sp³-hybridized carbons (Fsp3) is 0.143. The van der Waals surface area contributed by atoms with E-state index in [0.29, 0.717) is 18.0 Å². The van der Waals surface area contributed by atoms with E-state index in [9.17, 15) is 4.79 Å². The molecule has 2 heterocycles. The van der Waals surface area contributed by atoms with Crippen molar-refractivity contribution in [2.24, 2.45) is 0 Å². The molecule has 4 rings (SSSR count). The zero-order valence-electron chi connectivity index (χ0n) is 14.9. The number of aromatic nitrogens is 2. The fourth-order valence-electron chi connectivity index (χ4n) is 3.08. The van der Waals surface area contributed by atoms with E-state index >= 15 is 0 Å². The summed E-state index contributed by atoms with van der Waals surface area (Å²) in [7, 11) is 1.64. The quantitative estimate of drug-likeness (QED) is 0.504. The Morgan fingerprint density at radius 2 is 2.00 bits per heavy atom. The van der Waals surface area contributed by atoms with Crippen molar-refractivity contribution in [2.75, 3.05) is 12.4 Å². The SMILES string of the molecule is COc1ccccc1CCC(=O)Nc1nc(-c2c[nH]c3ccccc23)cs1. The van der Waals surface area contributed by atoms with Crippen molar-refractivity contribution >= 4 is 33.3 Å². The molecule has 0 aliphatic rings. The lowest BCUT2D eigenvalue weighted by atomic mass is 10.1. The lowest BCUT2D eigenvalue weighted by molar-refractivity contribution is -0.116. The second-order valence-electron chi connectivity index (χ2n) is 6.15. The van der Waals surface area contributed by atoms with Gasteiger partial charge in [0.05, 0.1) is 12.8 Å². The normalized spacial score (nSPS) is 10.9. The summed E-state index contributed by atoms with van der Waals surface area (Å²) in [5.74, 6) is 0.752. The molecule has 0 radical (unpaired) electrons. The van der Waals surface area contributed by atoms with Crippen LogP contribution in [0, 0.1) is 0 Å². The number of anilines is 1. The smallest absolute Gasteiger partial charge is 0.226 e. The van der Waals surface area contributed by atoms with Gasteiger partial charge in [0.1, 0.15) is 5.75 Å². The first kappa shape index (κ1) is 17.3. The maximum absolute atomic E-state index is 12.3. The van der Waals surface area contributed by atoms with Crippen LogP contribution in [0.25, 0.3) is 22.2 Å². The van der Waals surface area contributed by atoms with Gasteiger partial charge in [0.25, 0.3) is 0 Å². The van der Waals surface area contributed by atoms with E-state index in [1.165, 1.54) is 11.3 Å². The monoisotopic (exact) mass is 377 g/mol. The number of amides is 1. The molecular formula is C21H19N3O2S. The summed E-state index contributed by atoms with van der Waals surface area (Å²) in [4.78, 5) is 20.1. The summed E-state index contributed by atoms with van der Waals surface area (Å²) < 4.78 is 5.33. The number of H-pyrrole nitrogens is 1. The van der Waals surface area contributed by atoms with Crippen LogP contribution in [0.15, 0.2) is 60.1 Å². The maximum atomic E-state index is 12.3. The van der Waals surface area contributed by atoms with Gasteiger partial charge in [0, 0.05) is 34.5 Å². The zero-order valence-corrected chi connectivity index (χ0v) is 15.7. The molecule has 0 atom stereocenters. The van der Waals surface area contributed by atoms with Gasteiger partial charge in [-0.3, -0.25) is 4.79 Å². The molecule has 0 aliphatic carbocycles. The van der Waals surface area contributed by atoms with Crippen molar-refractivity contribution in [1.82, 2.24) is 9.97 Å². The largest absolute Gasteiger partial charge is 0.496 e. The number of benzene rings is 2. The molecule has 1 amide bonds. The number of rotatable bonds is 6. The van der Waals surface area contributed by atoms with Gasteiger partial charge in [-0.05, 0) is 24.1 Å². The van der Waals surface area contributed by atoms with Gasteiger partial charge in [-0.15, -0.1) is 11.3 Å². The van der Waals surface area contributed by atoms with Crippen LogP contribution >= 0.6 is 11.3 Å². The Balaban J connectivity index is 1.42. The molecule has 136 valence electrons. The van der Waals surface area contributed by atoms with Gasteiger partial charge in [-0.25, -0.2) is 4.98 Å². The highest BCUT2D eigenvalue weighted by atomic mass is 32.1. The molecule has 2 N–H and O–H groups in total. The minimum atomic E-state index is -0.0549. The van der Waals surface area contributed by atoms with Crippen molar-refractivity contribution in [1.29, 1.82) is 0 Å². The molecule has 0 aliphatic heterocycles. The number of aromatic amines is 1. The van der Waals surface area contributed by atoms with Crippen LogP contribution in [-0.4, -0.2) is 23.0 Å². The number of nitrogens with zero attached hydrogens (tertiary/aromatic N) is 1. The van der Waals surface area contributed by atoms with Crippen LogP contribution < -0.4 is 10.1 Å². The molecule has 2 aromatic heterocycles. The van der Waals surface area contributed by atoms with Crippen LogP contribution in [0.2, 0.25) is 0 Å². The average Bonchev–Trinajstić information content (AvgIpc) is 3.33. The molecule has 4 aromatic rings. The second kappa shape index (κ2) is 7.63. The number of methoxy groups -OCH3 is 1. The third-order valence-electron chi connectivity index (χ3n) is 4.43. The predicted octanol–water partition coefficient (Wildman–Crippen LogP) is 4.87. The fourth-order valence-corrected chi connectivity index (χ4v) is 3.80. The number of nitrogens with one attached hydrogen (secondary N) is 2. The number of aryl methyl sites for hydroxylation is 1. The molecule has 0 fully saturated rings. The van der Waals surface area contributed by atoms with Gasteiger partial charge in [0.2, 0.25) is 5.91 Å². The highest BCUT2D eigenvalue weighted by molar-refractivity contribution is 7.14. The predicted molar refractivity (Wildman–Crippen MR) is 109 cm³/mol. The number of fused-ring (bicyclic) bond motifs is 1. The average molecular weight is 377 g/mol. The number of hydrogen-bond acceptors (Lipinski definition) is 4. The number of carbonyl (C=O) groups is 1. The minimum Gasteiger partial charge on any atom is -0.496 e. The molecule has 0 unspecified atom stereocenters. The summed E-state index contributed by atoms with van der Waals surface area (Å²) in [6, 6.07) is 15.8. The van der Waals surface area contributed by atoms with Gasteiger partial charge < -0.3 is 15.0 Å². The van der Waals surface area contributed by atoms with E-state index in [0.717, 1.165) is 33.5 Å². The van der Waals surface area contributed by atoms with Crippen molar-refractivity contribution in [2.45, 2.75) is 12.8 Å². The van der Waals surface area contributed by atoms with Crippen molar-refractivity contribution in [3.63, 3.8) is 0 Å². The Bertz CT molecular complexity index is 1080. The Morgan fingerprint density at radius 1 is 1.19 bits per heavy atom. The van der Waals surface area contributed by atoms with E-state index < -0.39 is 0 Å². The lowest BCUT2D eigenvalue weighted by Gasteiger charge is -2.07. The number of thiazole rings is 1. The molecule has 0 saturated heterocycles. The second-order valence-corrected chi connectivity index (χ2v) is 7.00. The first-order valence-corrected chi connectivity index (χ1v) is 9.56. The van der Waals surface area contributed by atoms with Crippen molar-refractivity contribution < 1.29 is 9.53 Å². The Morgan fingerprint density at radius 3 is 2.89 bits per heavy atom. The number of carbonyl (C=O) groups excluding carboxylic acids is 1. The first-order chi connectivity index (χ1) is 13.2. The third-order valence-corrected chi connectivity index (χ3v) is 5.19. The molecule has 0 saturated carbocycles. The Hall–Kier alpha value is -3.12. The molecule has 0 bridgehead atoms. The van der Waals surface area contributed by atoms with Crippen LogP contribution in [-0.2, 0) is 11.2 Å². The van der Waals surface area contributed by atoms with Crippen LogP contribution in [0.1, 0.15) is 12.0 Å². The van der Waals surface area contributed by atoms with Crippen molar-refractivity contribution in [3.8, 4) is 17.0 Å². The summed E-state index contributed by atoms with van der Waals surface area (Å²) in [5.41, 5.74) is 3.99. The van der Waals surface area contributed by atoms with Crippen LogP contribution in [0.3, 0.4) is 0 Å². The summed E-state index contributed by atoms with van der Waals surface area (Å²) in [6.45, 7) is 0. The topological polar surface area (TPSA) is 67.0 Å². The highest BCUT2D eigenvalue weighted by Gasteiger charge is 2.12. The Labute approximate surface area is 161 Å². The lowest BCUT2D eigenvalue weighted by Crippen LogP contribution is -2.12. The van der Waals surface area contributed by atoms with Crippen molar-refractivity contribution in [3.05, 3.63) is 65.7 Å². The summed E-state index contributed by atoms with van der Waals surface area (Å²) in [5, 5.41) is 6.59. The summed E-state index contributed by atoms with van der Waals surface area (Å²) >= 11 is 1.43. The Kier molecular flexibility index (Phi) is 4.89. The number of hydrogen-bond donors (Lipinski definition) is 2. The van der Waals surface area contributed by atoms with Crippen LogP contribution in [0.5, 0.6) is 5.75 Å².